The molecule has 0 aliphatic rings. The second kappa shape index (κ2) is 7.69. The van der Waals surface area contributed by atoms with E-state index in [4.69, 9.17) is 11.6 Å². The fourth-order valence-electron chi connectivity index (χ4n) is 3.13. The number of para-hydroxylation sites is 1. The Labute approximate surface area is 168 Å². The van der Waals surface area contributed by atoms with Gasteiger partial charge in [0.25, 0.3) is 10.0 Å². The van der Waals surface area contributed by atoms with Crippen molar-refractivity contribution >= 4 is 38.2 Å². The van der Waals surface area contributed by atoms with E-state index in [9.17, 15) is 8.42 Å². The second-order valence-electron chi connectivity index (χ2n) is 6.52. The molecule has 0 fully saturated rings. The normalized spacial score (nSPS) is 11.8. The molecule has 8 heteroatoms. The summed E-state index contributed by atoms with van der Waals surface area (Å²) in [4.78, 5) is 7.25. The van der Waals surface area contributed by atoms with E-state index in [1.807, 2.05) is 29.0 Å². The molecule has 0 bridgehead atoms. The Morgan fingerprint density at radius 3 is 2.71 bits per heavy atom. The number of benzene rings is 2. The van der Waals surface area contributed by atoms with Crippen LogP contribution in [0.4, 0.5) is 5.69 Å². The summed E-state index contributed by atoms with van der Waals surface area (Å²) in [6.07, 6.45) is 8.94. The molecule has 2 aromatic heterocycles. The summed E-state index contributed by atoms with van der Waals surface area (Å²) in [5.74, 6) is 0. The van der Waals surface area contributed by atoms with Crippen LogP contribution in [0.5, 0.6) is 0 Å². The van der Waals surface area contributed by atoms with Crippen molar-refractivity contribution in [1.82, 2.24) is 14.5 Å². The van der Waals surface area contributed by atoms with Crippen LogP contribution in [-0.2, 0) is 23.0 Å². The lowest BCUT2D eigenvalue weighted by molar-refractivity contribution is 0.601. The minimum atomic E-state index is -3.69. The molecule has 0 aliphatic carbocycles. The maximum Gasteiger partial charge on any atom is 0.261 e. The molecule has 2 N–H and O–H groups in total. The quantitative estimate of drug-likeness (QED) is 0.468. The van der Waals surface area contributed by atoms with E-state index >= 15 is 0 Å². The van der Waals surface area contributed by atoms with E-state index in [1.165, 1.54) is 0 Å². The molecule has 4 aromatic rings. The predicted molar refractivity (Wildman–Crippen MR) is 111 cm³/mol. The van der Waals surface area contributed by atoms with Crippen molar-refractivity contribution in [3.8, 4) is 0 Å². The predicted octanol–water partition coefficient (Wildman–Crippen LogP) is 4.45. The molecule has 2 heterocycles. The molecule has 0 atom stereocenters. The minimum absolute atomic E-state index is 0.223. The number of nitrogens with one attached hydrogen (secondary N) is 2. The van der Waals surface area contributed by atoms with Gasteiger partial charge in [0.2, 0.25) is 0 Å². The van der Waals surface area contributed by atoms with Gasteiger partial charge in [-0.2, -0.15) is 0 Å². The van der Waals surface area contributed by atoms with Gasteiger partial charge in [-0.3, -0.25) is 4.72 Å². The third kappa shape index (κ3) is 3.90. The number of sulfonamides is 1. The second-order valence-corrected chi connectivity index (χ2v) is 8.61. The molecule has 0 radical (unpaired) electrons. The highest BCUT2D eigenvalue weighted by atomic mass is 35.5. The number of nitrogens with zero attached hydrogens (tertiary/aromatic N) is 2. The van der Waals surface area contributed by atoms with Gasteiger partial charge in [0.15, 0.2) is 0 Å². The van der Waals surface area contributed by atoms with Gasteiger partial charge >= 0.3 is 0 Å². The topological polar surface area (TPSA) is 79.8 Å². The zero-order valence-corrected chi connectivity index (χ0v) is 16.5. The Balaban J connectivity index is 1.46. The fraction of sp³-hybridized carbons (Fsp3) is 0.150. The zero-order chi connectivity index (χ0) is 19.6. The van der Waals surface area contributed by atoms with Crippen LogP contribution in [-0.4, -0.2) is 23.0 Å². The number of hydrogen-bond donors (Lipinski definition) is 2. The Bertz CT molecular complexity index is 1180. The number of fused-ring (bicyclic) bond motifs is 1. The number of anilines is 1. The van der Waals surface area contributed by atoms with Crippen molar-refractivity contribution in [2.45, 2.75) is 24.3 Å². The zero-order valence-electron chi connectivity index (χ0n) is 15.0. The molecule has 4 rings (SSSR count). The lowest BCUT2D eigenvalue weighted by atomic mass is 10.1. The van der Waals surface area contributed by atoms with Crippen LogP contribution in [0.3, 0.4) is 0 Å². The van der Waals surface area contributed by atoms with Gasteiger partial charge in [-0.25, -0.2) is 13.4 Å². The molecule has 0 saturated carbocycles. The molecule has 0 aliphatic heterocycles. The van der Waals surface area contributed by atoms with Crippen LogP contribution in [0.15, 0.2) is 72.3 Å². The number of H-pyrrole nitrogens is 1. The smallest absolute Gasteiger partial charge is 0.261 e. The van der Waals surface area contributed by atoms with Gasteiger partial charge in [-0.15, -0.1) is 0 Å². The third-order valence-corrected chi connectivity index (χ3v) is 6.28. The van der Waals surface area contributed by atoms with Crippen LogP contribution in [0, 0.1) is 0 Å². The van der Waals surface area contributed by atoms with Crippen molar-refractivity contribution in [1.29, 1.82) is 0 Å². The molecular weight excluding hydrogens is 396 g/mol. The first-order chi connectivity index (χ1) is 13.5. The molecule has 0 unspecified atom stereocenters. The molecule has 144 valence electrons. The number of rotatable bonds is 7. The third-order valence-electron chi connectivity index (χ3n) is 4.58. The maximum atomic E-state index is 12.8. The Hall–Kier alpha value is -2.77. The van der Waals surface area contributed by atoms with E-state index in [0.717, 1.165) is 30.3 Å². The van der Waals surface area contributed by atoms with Crippen molar-refractivity contribution in [3.05, 3.63) is 78.0 Å². The lowest BCUT2D eigenvalue weighted by Crippen LogP contribution is -2.13. The minimum Gasteiger partial charge on any atom is -0.358 e. The average Bonchev–Trinajstić information content (AvgIpc) is 3.33. The highest BCUT2D eigenvalue weighted by molar-refractivity contribution is 7.92. The number of aromatic amines is 1. The number of halogens is 1. The van der Waals surface area contributed by atoms with Crippen LogP contribution in [0.25, 0.3) is 10.9 Å². The Morgan fingerprint density at radius 1 is 1.14 bits per heavy atom. The molecule has 0 amide bonds. The number of imidazole rings is 1. The summed E-state index contributed by atoms with van der Waals surface area (Å²) in [6, 6.07) is 12.3. The Morgan fingerprint density at radius 2 is 1.96 bits per heavy atom. The molecule has 28 heavy (non-hydrogen) atoms. The molecular formula is C20H19ClN4O2S. The fourth-order valence-corrected chi connectivity index (χ4v) is 4.41. The van der Waals surface area contributed by atoms with Gasteiger partial charge in [0.05, 0.1) is 27.4 Å². The van der Waals surface area contributed by atoms with E-state index in [-0.39, 0.29) is 4.90 Å². The molecule has 0 spiro atoms. The van der Waals surface area contributed by atoms with Gasteiger partial charge in [0, 0.05) is 30.5 Å². The Kier molecular flexibility index (Phi) is 5.11. The van der Waals surface area contributed by atoms with Gasteiger partial charge in [-0.1, -0.05) is 35.9 Å². The van der Waals surface area contributed by atoms with Gasteiger partial charge < -0.3 is 9.55 Å². The highest BCUT2D eigenvalue weighted by Gasteiger charge is 2.16. The maximum absolute atomic E-state index is 12.8. The first kappa shape index (κ1) is 18.6. The monoisotopic (exact) mass is 414 g/mol. The largest absolute Gasteiger partial charge is 0.358 e. The van der Waals surface area contributed by atoms with Crippen molar-refractivity contribution in [2.75, 3.05) is 4.72 Å². The summed E-state index contributed by atoms with van der Waals surface area (Å²) >= 11 is 6.11. The number of aryl methyl sites for hydroxylation is 2. The first-order valence-electron chi connectivity index (χ1n) is 8.86. The molecule has 2 aromatic carbocycles. The van der Waals surface area contributed by atoms with Crippen molar-refractivity contribution in [3.63, 3.8) is 0 Å². The molecule has 0 saturated heterocycles. The SMILES string of the molecule is O=S(=O)(Nc1cccc2c(Cl)c[nH]c12)c1ccc(CCCn2ccnc2)cc1. The van der Waals surface area contributed by atoms with Crippen LogP contribution < -0.4 is 4.72 Å². The summed E-state index contributed by atoms with van der Waals surface area (Å²) in [6.45, 7) is 0.879. The highest BCUT2D eigenvalue weighted by Crippen LogP contribution is 2.29. The summed E-state index contributed by atoms with van der Waals surface area (Å²) in [7, 11) is -3.69. The molecule has 6 nitrogen and oxygen atoms in total. The van der Waals surface area contributed by atoms with Crippen molar-refractivity contribution in [2.24, 2.45) is 0 Å². The average molecular weight is 415 g/mol. The first-order valence-corrected chi connectivity index (χ1v) is 10.7. The van der Waals surface area contributed by atoms with Crippen molar-refractivity contribution < 1.29 is 8.42 Å². The van der Waals surface area contributed by atoms with Gasteiger partial charge in [0.1, 0.15) is 0 Å². The lowest BCUT2D eigenvalue weighted by Gasteiger charge is -2.10. The van der Waals surface area contributed by atoms with E-state index in [2.05, 4.69) is 14.7 Å². The number of aromatic nitrogens is 3. The number of hydrogen-bond acceptors (Lipinski definition) is 3. The van der Waals surface area contributed by atoms with E-state index in [0.29, 0.717) is 16.2 Å². The summed E-state index contributed by atoms with van der Waals surface area (Å²) < 4.78 is 30.2. The van der Waals surface area contributed by atoms with Gasteiger partial charge in [-0.05, 0) is 36.6 Å². The standard InChI is InChI=1S/C20H19ClN4O2S/c21-18-13-23-20-17(18)4-1-5-19(20)24-28(26,27)16-8-6-15(7-9-16)3-2-11-25-12-10-22-14-25/h1,4-10,12-14,23-24H,2-3,11H2. The summed E-state index contributed by atoms with van der Waals surface area (Å²) in [5, 5.41) is 1.33. The van der Waals surface area contributed by atoms with Crippen LogP contribution in [0.2, 0.25) is 5.02 Å². The van der Waals surface area contributed by atoms with Crippen LogP contribution >= 0.6 is 11.6 Å². The van der Waals surface area contributed by atoms with E-state index in [1.54, 1.807) is 43.0 Å². The summed E-state index contributed by atoms with van der Waals surface area (Å²) in [5.41, 5.74) is 2.22. The van der Waals surface area contributed by atoms with Crippen LogP contribution in [0.1, 0.15) is 12.0 Å². The van der Waals surface area contributed by atoms with E-state index < -0.39 is 10.0 Å².